The second-order valence-electron chi connectivity index (χ2n) is 4.20. The van der Waals surface area contributed by atoms with Crippen LogP contribution in [0.4, 0.5) is 0 Å². The van der Waals surface area contributed by atoms with Gasteiger partial charge < -0.3 is 9.47 Å². The number of benzene rings is 1. The first-order valence-electron chi connectivity index (χ1n) is 5.15. The van der Waals surface area contributed by atoms with E-state index in [0.717, 1.165) is 11.3 Å². The molecule has 0 saturated heterocycles. The smallest absolute Gasteiger partial charge is 0.226 e. The minimum atomic E-state index is -0.365. The maximum Gasteiger partial charge on any atom is 0.226 e. The largest absolute Gasteiger partial charge is 0.496 e. The van der Waals surface area contributed by atoms with Crippen LogP contribution in [0, 0.1) is 0 Å². The molecule has 2 rings (SSSR count). The predicted octanol–water partition coefficient (Wildman–Crippen LogP) is 2.76. The Morgan fingerprint density at radius 3 is 2.56 bits per heavy atom. The summed E-state index contributed by atoms with van der Waals surface area (Å²) in [6.45, 7) is 7.80. The molecule has 0 aromatic heterocycles. The van der Waals surface area contributed by atoms with Crippen LogP contribution in [0.25, 0.3) is 0 Å². The number of hydrogen-bond acceptors (Lipinski definition) is 3. The van der Waals surface area contributed by atoms with Crippen molar-refractivity contribution in [3.8, 4) is 5.75 Å². The molecular weight excluding hydrogens is 202 g/mol. The second-order valence-corrected chi connectivity index (χ2v) is 4.20. The molecule has 16 heavy (non-hydrogen) atoms. The summed E-state index contributed by atoms with van der Waals surface area (Å²) in [5.74, 6) is 1.99. The Kier molecular flexibility index (Phi) is 2.46. The average Bonchev–Trinajstić information content (AvgIpc) is 2.53. The molecule has 1 aliphatic heterocycles. The maximum atomic E-state index is 5.58. The monoisotopic (exact) mass is 217 g/mol. The highest BCUT2D eigenvalue weighted by molar-refractivity contribution is 5.99. The first kappa shape index (κ1) is 10.7. The van der Waals surface area contributed by atoms with Crippen molar-refractivity contribution in [2.75, 3.05) is 7.11 Å². The molecule has 0 amide bonds. The lowest BCUT2D eigenvalue weighted by Crippen LogP contribution is -2.14. The summed E-state index contributed by atoms with van der Waals surface area (Å²) in [7, 11) is 1.63. The summed E-state index contributed by atoms with van der Waals surface area (Å²) in [6, 6.07) is 7.65. The van der Waals surface area contributed by atoms with Gasteiger partial charge in [-0.3, -0.25) is 0 Å². The molecule has 0 bridgehead atoms. The normalized spacial score (nSPS) is 17.9. The van der Waals surface area contributed by atoms with Crippen molar-refractivity contribution in [1.82, 2.24) is 0 Å². The van der Waals surface area contributed by atoms with E-state index in [9.17, 15) is 0 Å². The third-order valence-corrected chi connectivity index (χ3v) is 2.62. The number of hydrogen-bond donors (Lipinski definition) is 0. The van der Waals surface area contributed by atoms with Gasteiger partial charge >= 0.3 is 0 Å². The summed E-state index contributed by atoms with van der Waals surface area (Å²) in [6.07, 6.45) is 0. The highest BCUT2D eigenvalue weighted by Crippen LogP contribution is 2.31. The highest BCUT2D eigenvalue weighted by Gasteiger charge is 2.32. The van der Waals surface area contributed by atoms with Crippen LogP contribution in [0.2, 0.25) is 0 Å². The molecule has 0 radical (unpaired) electrons. The van der Waals surface area contributed by atoms with Gasteiger partial charge in [0.05, 0.1) is 12.7 Å². The number of methoxy groups -OCH3 is 1. The molecule has 0 spiro atoms. The second kappa shape index (κ2) is 3.67. The lowest BCUT2D eigenvalue weighted by molar-refractivity contribution is 0.379. The van der Waals surface area contributed by atoms with E-state index < -0.39 is 0 Å². The third kappa shape index (κ3) is 1.69. The van der Waals surface area contributed by atoms with Crippen LogP contribution >= 0.6 is 0 Å². The van der Waals surface area contributed by atoms with E-state index in [1.807, 2.05) is 38.1 Å². The Labute approximate surface area is 95.4 Å². The van der Waals surface area contributed by atoms with Crippen LogP contribution in [-0.4, -0.2) is 18.5 Å². The van der Waals surface area contributed by atoms with Crippen LogP contribution in [-0.2, 0) is 4.74 Å². The molecule has 1 aromatic carbocycles. The molecule has 1 aliphatic rings. The van der Waals surface area contributed by atoms with Crippen molar-refractivity contribution in [1.29, 1.82) is 0 Å². The summed E-state index contributed by atoms with van der Waals surface area (Å²) in [4.78, 5) is 4.50. The zero-order valence-electron chi connectivity index (χ0n) is 9.78. The Morgan fingerprint density at radius 1 is 1.31 bits per heavy atom. The van der Waals surface area contributed by atoms with E-state index in [2.05, 4.69) is 11.6 Å². The van der Waals surface area contributed by atoms with Gasteiger partial charge in [0.25, 0.3) is 0 Å². The van der Waals surface area contributed by atoms with E-state index >= 15 is 0 Å². The maximum absolute atomic E-state index is 5.58. The van der Waals surface area contributed by atoms with E-state index in [1.54, 1.807) is 7.11 Å². The molecule has 0 saturated carbocycles. The van der Waals surface area contributed by atoms with E-state index in [4.69, 9.17) is 9.47 Å². The van der Waals surface area contributed by atoms with Crippen molar-refractivity contribution in [2.45, 2.75) is 19.4 Å². The lowest BCUT2D eigenvalue weighted by Gasteiger charge is -2.11. The number of para-hydroxylation sites is 1. The van der Waals surface area contributed by atoms with Crippen LogP contribution in [0.3, 0.4) is 0 Å². The van der Waals surface area contributed by atoms with Crippen molar-refractivity contribution in [3.63, 3.8) is 0 Å². The topological polar surface area (TPSA) is 30.8 Å². The molecule has 0 fully saturated rings. The summed E-state index contributed by atoms with van der Waals surface area (Å²) in [5.41, 5.74) is 0.493. The van der Waals surface area contributed by atoms with Gasteiger partial charge in [-0.25, -0.2) is 4.99 Å². The predicted molar refractivity (Wildman–Crippen MR) is 63.8 cm³/mol. The highest BCUT2D eigenvalue weighted by atomic mass is 16.5. The van der Waals surface area contributed by atoms with Gasteiger partial charge in [-0.2, -0.15) is 0 Å². The van der Waals surface area contributed by atoms with Crippen molar-refractivity contribution in [3.05, 3.63) is 42.2 Å². The first-order valence-corrected chi connectivity index (χ1v) is 5.15. The van der Waals surface area contributed by atoms with Crippen molar-refractivity contribution in [2.24, 2.45) is 4.99 Å². The van der Waals surface area contributed by atoms with Gasteiger partial charge in [-0.1, -0.05) is 18.7 Å². The zero-order chi connectivity index (χ0) is 11.8. The molecule has 0 atom stereocenters. The van der Waals surface area contributed by atoms with Gasteiger partial charge in [-0.15, -0.1) is 0 Å². The average molecular weight is 217 g/mol. The number of nitrogens with zero attached hydrogens (tertiary/aromatic N) is 1. The summed E-state index contributed by atoms with van der Waals surface area (Å²) < 4.78 is 10.9. The fourth-order valence-corrected chi connectivity index (χ4v) is 1.52. The van der Waals surface area contributed by atoms with E-state index in [-0.39, 0.29) is 5.54 Å². The number of rotatable bonds is 2. The van der Waals surface area contributed by atoms with Gasteiger partial charge in [0.1, 0.15) is 17.0 Å². The van der Waals surface area contributed by atoms with Crippen LogP contribution in [0.1, 0.15) is 19.4 Å². The summed E-state index contributed by atoms with van der Waals surface area (Å²) in [5, 5.41) is 0. The quantitative estimate of drug-likeness (QED) is 0.762. The Hall–Kier alpha value is -1.77. The minimum absolute atomic E-state index is 0.365. The molecule has 1 aromatic rings. The third-order valence-electron chi connectivity index (χ3n) is 2.62. The minimum Gasteiger partial charge on any atom is -0.496 e. The van der Waals surface area contributed by atoms with Crippen LogP contribution in [0.5, 0.6) is 5.75 Å². The lowest BCUT2D eigenvalue weighted by atomic mass is 10.1. The zero-order valence-corrected chi connectivity index (χ0v) is 9.78. The Bertz CT molecular complexity index is 461. The molecule has 0 unspecified atom stereocenters. The van der Waals surface area contributed by atoms with Gasteiger partial charge in [0.2, 0.25) is 5.90 Å². The van der Waals surface area contributed by atoms with Gasteiger partial charge in [0, 0.05) is 0 Å². The van der Waals surface area contributed by atoms with Crippen LogP contribution < -0.4 is 4.74 Å². The van der Waals surface area contributed by atoms with E-state index in [1.165, 1.54) is 0 Å². The van der Waals surface area contributed by atoms with Gasteiger partial charge in [0.15, 0.2) is 0 Å². The van der Waals surface area contributed by atoms with E-state index in [0.29, 0.717) is 11.7 Å². The number of ether oxygens (including phenoxy) is 2. The molecule has 1 heterocycles. The van der Waals surface area contributed by atoms with Crippen molar-refractivity contribution < 1.29 is 9.47 Å². The molecule has 0 aliphatic carbocycles. The fourth-order valence-electron chi connectivity index (χ4n) is 1.52. The molecule has 84 valence electrons. The van der Waals surface area contributed by atoms with Crippen molar-refractivity contribution >= 4 is 5.90 Å². The van der Waals surface area contributed by atoms with Gasteiger partial charge in [-0.05, 0) is 26.0 Å². The molecule has 3 nitrogen and oxygen atoms in total. The molecular formula is C13H15NO2. The standard InChI is InChI=1S/C13H15NO2/c1-9-13(2,3)14-12(16-9)10-7-5-6-8-11(10)15-4/h5-8H,1H2,2-4H3. The Balaban J connectivity index is 2.44. The first-order chi connectivity index (χ1) is 7.54. The Morgan fingerprint density at radius 2 is 2.00 bits per heavy atom. The molecule has 3 heteroatoms. The molecule has 0 N–H and O–H groups in total. The SMILES string of the molecule is C=C1OC(c2ccccc2OC)=NC1(C)C. The van der Waals surface area contributed by atoms with Crippen LogP contribution in [0.15, 0.2) is 41.6 Å². The number of aliphatic imine (C=N–C) groups is 1. The fraction of sp³-hybridized carbons (Fsp3) is 0.308. The summed E-state index contributed by atoms with van der Waals surface area (Å²) >= 11 is 0.